The lowest BCUT2D eigenvalue weighted by atomic mass is 10.1. The topological polar surface area (TPSA) is 92.6 Å². The summed E-state index contributed by atoms with van der Waals surface area (Å²) in [6.07, 6.45) is -0.989. The summed E-state index contributed by atoms with van der Waals surface area (Å²) >= 11 is 2.75. The van der Waals surface area contributed by atoms with Crippen molar-refractivity contribution < 1.29 is 19.4 Å². The summed E-state index contributed by atoms with van der Waals surface area (Å²) in [6.45, 7) is 6.30. The van der Waals surface area contributed by atoms with Gasteiger partial charge in [-0.15, -0.1) is 11.3 Å². The fourth-order valence-corrected chi connectivity index (χ4v) is 5.18. The summed E-state index contributed by atoms with van der Waals surface area (Å²) in [5.74, 6) is 6.63. The highest BCUT2D eigenvalue weighted by atomic mass is 32.2. The summed E-state index contributed by atoms with van der Waals surface area (Å²) in [7, 11) is 0. The number of aromatic nitrogens is 2. The maximum atomic E-state index is 12.5. The molecule has 1 aromatic carbocycles. The second kappa shape index (κ2) is 9.91. The van der Waals surface area contributed by atoms with Gasteiger partial charge >= 0.3 is 5.97 Å². The lowest BCUT2D eigenvalue weighted by Gasteiger charge is -2.17. The molecular formula is C24H23N3O4S2. The zero-order chi connectivity index (χ0) is 23.5. The van der Waals surface area contributed by atoms with Crippen LogP contribution in [0.1, 0.15) is 46.7 Å². The van der Waals surface area contributed by atoms with E-state index in [4.69, 9.17) is 4.74 Å². The van der Waals surface area contributed by atoms with Crippen molar-refractivity contribution in [2.45, 2.75) is 32.0 Å². The number of benzene rings is 1. The van der Waals surface area contributed by atoms with Gasteiger partial charge in [0.15, 0.2) is 6.23 Å². The second-order valence-electron chi connectivity index (χ2n) is 7.97. The summed E-state index contributed by atoms with van der Waals surface area (Å²) in [6, 6.07) is 8.92. The molecule has 1 aliphatic rings. The Morgan fingerprint density at radius 3 is 2.88 bits per heavy atom. The predicted molar refractivity (Wildman–Crippen MR) is 128 cm³/mol. The number of thioether (sulfide) groups is 1. The number of rotatable bonds is 6. The monoisotopic (exact) mass is 481 g/mol. The average molecular weight is 482 g/mol. The highest BCUT2D eigenvalue weighted by Crippen LogP contribution is 2.32. The lowest BCUT2D eigenvalue weighted by Crippen LogP contribution is -2.28. The fourth-order valence-electron chi connectivity index (χ4n) is 3.32. The first kappa shape index (κ1) is 23.2. The van der Waals surface area contributed by atoms with E-state index in [2.05, 4.69) is 21.8 Å². The highest BCUT2D eigenvalue weighted by Gasteiger charge is 2.34. The van der Waals surface area contributed by atoms with Crippen molar-refractivity contribution in [2.24, 2.45) is 5.92 Å². The van der Waals surface area contributed by atoms with Crippen LogP contribution in [0.15, 0.2) is 35.4 Å². The van der Waals surface area contributed by atoms with Gasteiger partial charge < -0.3 is 9.84 Å². The molecule has 0 radical (unpaired) electrons. The molecule has 0 saturated heterocycles. The van der Waals surface area contributed by atoms with Gasteiger partial charge in [-0.05, 0) is 25.0 Å². The third kappa shape index (κ3) is 5.19. The highest BCUT2D eigenvalue weighted by molar-refractivity contribution is 8.00. The number of thiophene rings is 1. The van der Waals surface area contributed by atoms with Crippen molar-refractivity contribution >= 4 is 45.2 Å². The first-order valence-corrected chi connectivity index (χ1v) is 12.3. The number of carbonyl (C=O) groups is 2. The van der Waals surface area contributed by atoms with E-state index >= 15 is 0 Å². The number of ether oxygens (including phenoxy) is 1. The SMILES string of the molecule is Cc1nc(SCC(=O)OCC(C)C)c2cc(C#CCN3C(=O)c4ccccc4C3O)sc2n1. The lowest BCUT2D eigenvalue weighted by molar-refractivity contribution is -0.141. The van der Waals surface area contributed by atoms with E-state index < -0.39 is 6.23 Å². The molecule has 0 spiro atoms. The van der Waals surface area contributed by atoms with Crippen LogP contribution in [-0.4, -0.2) is 50.8 Å². The first-order valence-electron chi connectivity index (χ1n) is 10.5. The molecule has 7 nitrogen and oxygen atoms in total. The maximum Gasteiger partial charge on any atom is 0.316 e. The average Bonchev–Trinajstić information content (AvgIpc) is 3.30. The Hall–Kier alpha value is -2.93. The molecule has 1 unspecified atom stereocenters. The molecule has 3 heterocycles. The Morgan fingerprint density at radius 2 is 2.12 bits per heavy atom. The molecule has 0 bridgehead atoms. The molecule has 0 fully saturated rings. The van der Waals surface area contributed by atoms with E-state index in [-0.39, 0.29) is 30.1 Å². The van der Waals surface area contributed by atoms with Crippen LogP contribution in [0.5, 0.6) is 0 Å². The molecule has 1 aliphatic heterocycles. The van der Waals surface area contributed by atoms with Crippen LogP contribution in [0.2, 0.25) is 0 Å². The molecule has 4 rings (SSSR count). The van der Waals surface area contributed by atoms with Gasteiger partial charge in [0.05, 0.1) is 23.8 Å². The minimum absolute atomic E-state index is 0.108. The number of carbonyl (C=O) groups excluding carboxylic acids is 2. The Bertz CT molecular complexity index is 1280. The molecule has 1 N–H and O–H groups in total. The van der Waals surface area contributed by atoms with Gasteiger partial charge in [-0.25, -0.2) is 9.97 Å². The molecule has 170 valence electrons. The maximum absolute atomic E-state index is 12.5. The van der Waals surface area contributed by atoms with Crippen molar-refractivity contribution in [1.29, 1.82) is 0 Å². The standard InChI is InChI=1S/C24H23N3O4S2/c1-14(2)12-31-20(28)13-32-21-19-11-16(33-22(19)26-15(3)25-21)7-6-10-27-23(29)17-8-4-5-9-18(17)24(27)30/h4-5,8-9,11,14,23,29H,10,12-13H2,1-3H3. The predicted octanol–water partition coefficient (Wildman–Crippen LogP) is 3.79. The van der Waals surface area contributed by atoms with Gasteiger partial charge in [-0.3, -0.25) is 14.5 Å². The third-order valence-corrected chi connectivity index (χ3v) is 6.77. The Morgan fingerprint density at radius 1 is 1.33 bits per heavy atom. The fraction of sp³-hybridized carbons (Fsp3) is 0.333. The van der Waals surface area contributed by atoms with Gasteiger partial charge in [0.1, 0.15) is 15.7 Å². The number of aliphatic hydroxyl groups excluding tert-OH is 1. The second-order valence-corrected chi connectivity index (χ2v) is 9.96. The Balaban J connectivity index is 1.47. The number of esters is 1. The number of nitrogens with zero attached hydrogens (tertiary/aromatic N) is 3. The minimum atomic E-state index is -0.989. The van der Waals surface area contributed by atoms with Crippen LogP contribution in [0.3, 0.4) is 0 Å². The Kier molecular flexibility index (Phi) is 6.98. The molecular weight excluding hydrogens is 458 g/mol. The summed E-state index contributed by atoms with van der Waals surface area (Å²) < 4.78 is 5.24. The first-order chi connectivity index (χ1) is 15.8. The molecule has 33 heavy (non-hydrogen) atoms. The molecule has 0 aliphatic carbocycles. The smallest absolute Gasteiger partial charge is 0.316 e. The zero-order valence-electron chi connectivity index (χ0n) is 18.5. The minimum Gasteiger partial charge on any atom is -0.465 e. The van der Waals surface area contributed by atoms with Crippen molar-refractivity contribution in [3.05, 3.63) is 52.2 Å². The zero-order valence-corrected chi connectivity index (χ0v) is 20.1. The third-order valence-electron chi connectivity index (χ3n) is 4.86. The summed E-state index contributed by atoms with van der Waals surface area (Å²) in [4.78, 5) is 36.4. The van der Waals surface area contributed by atoms with E-state index in [0.717, 1.165) is 15.1 Å². The van der Waals surface area contributed by atoms with E-state index in [9.17, 15) is 14.7 Å². The van der Waals surface area contributed by atoms with Crippen LogP contribution in [0.4, 0.5) is 0 Å². The number of fused-ring (bicyclic) bond motifs is 2. The molecule has 3 aromatic rings. The molecule has 1 amide bonds. The van der Waals surface area contributed by atoms with E-state index in [1.807, 2.05) is 26.8 Å². The van der Waals surface area contributed by atoms with Gasteiger partial charge in [0, 0.05) is 16.5 Å². The van der Waals surface area contributed by atoms with Gasteiger partial charge in [-0.1, -0.05) is 55.6 Å². The van der Waals surface area contributed by atoms with E-state index in [0.29, 0.717) is 28.6 Å². The van der Waals surface area contributed by atoms with Crippen LogP contribution < -0.4 is 0 Å². The van der Waals surface area contributed by atoms with Crippen LogP contribution >= 0.6 is 23.1 Å². The van der Waals surface area contributed by atoms with Gasteiger partial charge in [-0.2, -0.15) is 0 Å². The number of hydrogen-bond acceptors (Lipinski definition) is 8. The number of hydrogen-bond donors (Lipinski definition) is 1. The van der Waals surface area contributed by atoms with Crippen molar-refractivity contribution in [1.82, 2.24) is 14.9 Å². The number of aliphatic hydroxyl groups is 1. The van der Waals surface area contributed by atoms with Crippen molar-refractivity contribution in [3.8, 4) is 11.8 Å². The van der Waals surface area contributed by atoms with Gasteiger partial charge in [0.2, 0.25) is 0 Å². The van der Waals surface area contributed by atoms with Crippen LogP contribution in [-0.2, 0) is 9.53 Å². The molecule has 0 saturated carbocycles. The van der Waals surface area contributed by atoms with Crippen LogP contribution in [0.25, 0.3) is 10.2 Å². The van der Waals surface area contributed by atoms with Gasteiger partial charge in [0.25, 0.3) is 5.91 Å². The largest absolute Gasteiger partial charge is 0.465 e. The van der Waals surface area contributed by atoms with Crippen molar-refractivity contribution in [3.63, 3.8) is 0 Å². The molecule has 1 atom stereocenters. The summed E-state index contributed by atoms with van der Waals surface area (Å²) in [5, 5.41) is 12.0. The van der Waals surface area contributed by atoms with E-state index in [1.54, 1.807) is 24.3 Å². The van der Waals surface area contributed by atoms with E-state index in [1.165, 1.54) is 28.0 Å². The summed E-state index contributed by atoms with van der Waals surface area (Å²) in [5.41, 5.74) is 1.11. The number of aryl methyl sites for hydroxylation is 1. The van der Waals surface area contributed by atoms with Crippen LogP contribution in [0, 0.1) is 24.7 Å². The Labute approximate surface area is 200 Å². The molecule has 9 heteroatoms. The number of amides is 1. The normalized spacial score (nSPS) is 15.0. The quantitative estimate of drug-likeness (QED) is 0.248. The molecule has 2 aromatic heterocycles. The van der Waals surface area contributed by atoms with Crippen molar-refractivity contribution in [2.75, 3.05) is 18.9 Å².